The van der Waals surface area contributed by atoms with E-state index >= 15 is 0 Å². The number of carbonyl (C=O) groups is 3. The molecule has 13 nitrogen and oxygen atoms in total. The molecule has 1 amide bonds. The normalized spacial score (nSPS) is 42.1. The lowest BCUT2D eigenvalue weighted by molar-refractivity contribution is -0.398. The average molecular weight is 850 g/mol. The Morgan fingerprint density at radius 2 is 1.57 bits per heavy atom. The summed E-state index contributed by atoms with van der Waals surface area (Å²) in [7, 11) is 0. The summed E-state index contributed by atoms with van der Waals surface area (Å²) in [6.07, 6.45) is 5.83. The van der Waals surface area contributed by atoms with Crippen molar-refractivity contribution in [3.63, 3.8) is 0 Å². The number of aliphatic carboxylic acids is 1. The number of hydrogen-bond donors (Lipinski definition) is 4. The van der Waals surface area contributed by atoms with E-state index in [-0.39, 0.29) is 42.2 Å². The lowest BCUT2D eigenvalue weighted by Crippen LogP contribution is -2.65. The number of rotatable bonds is 15. The molecular formula is C47H79NO12. The third-order valence-corrected chi connectivity index (χ3v) is 15.3. The van der Waals surface area contributed by atoms with Crippen LogP contribution in [-0.2, 0) is 38.0 Å². The van der Waals surface area contributed by atoms with E-state index in [1.54, 1.807) is 6.92 Å². The van der Waals surface area contributed by atoms with Gasteiger partial charge in [0.15, 0.2) is 11.6 Å². The Bertz CT molecular complexity index is 1520. The number of nitrogens with one attached hydrogen (secondary N) is 1. The number of aliphatic hydroxyl groups is 2. The van der Waals surface area contributed by atoms with Crippen LogP contribution < -0.4 is 5.32 Å². The fourth-order valence-electron chi connectivity index (χ4n) is 11.1. The minimum Gasteiger partial charge on any atom is -0.481 e. The minimum atomic E-state index is -1.36. The molecule has 5 aliphatic heterocycles. The van der Waals surface area contributed by atoms with Gasteiger partial charge in [0.2, 0.25) is 0 Å². The van der Waals surface area contributed by atoms with Gasteiger partial charge in [-0.15, -0.1) is 0 Å². The van der Waals surface area contributed by atoms with Crippen molar-refractivity contribution in [3.8, 4) is 0 Å². The summed E-state index contributed by atoms with van der Waals surface area (Å²) in [6, 6.07) is -0.723. The highest BCUT2D eigenvalue weighted by Crippen LogP contribution is 2.54. The van der Waals surface area contributed by atoms with E-state index in [0.717, 1.165) is 6.42 Å². The maximum Gasteiger partial charge on any atom is 0.407 e. The Labute approximate surface area is 359 Å². The highest BCUT2D eigenvalue weighted by Gasteiger charge is 2.63. The van der Waals surface area contributed by atoms with Crippen LogP contribution in [-0.4, -0.2) is 105 Å². The molecule has 0 aromatic rings. The monoisotopic (exact) mass is 850 g/mol. The second kappa shape index (κ2) is 19.3. The number of carboxylic acids is 1. The molecule has 0 aromatic heterocycles. The van der Waals surface area contributed by atoms with Crippen molar-refractivity contribution in [1.29, 1.82) is 0 Å². The van der Waals surface area contributed by atoms with Gasteiger partial charge >= 0.3 is 12.1 Å². The van der Waals surface area contributed by atoms with E-state index in [1.165, 1.54) is 0 Å². The summed E-state index contributed by atoms with van der Waals surface area (Å²) < 4.78 is 39.9. The van der Waals surface area contributed by atoms with Crippen LogP contribution in [0.1, 0.15) is 147 Å². The molecule has 4 fully saturated rings. The van der Waals surface area contributed by atoms with E-state index in [1.807, 2.05) is 67.5 Å². The number of carbonyl (C=O) groups excluding carboxylic acids is 2. The molecular weight excluding hydrogens is 771 g/mol. The lowest BCUT2D eigenvalue weighted by Gasteiger charge is -2.55. The van der Waals surface area contributed by atoms with Crippen LogP contribution in [0.4, 0.5) is 4.79 Å². The number of hydrogen-bond acceptors (Lipinski definition) is 11. The second-order valence-corrected chi connectivity index (χ2v) is 20.1. The van der Waals surface area contributed by atoms with E-state index in [4.69, 9.17) is 28.4 Å². The van der Waals surface area contributed by atoms with Gasteiger partial charge in [-0.05, 0) is 95.5 Å². The van der Waals surface area contributed by atoms with Crippen LogP contribution in [0.5, 0.6) is 0 Å². The predicted octanol–water partition coefficient (Wildman–Crippen LogP) is 7.58. The van der Waals surface area contributed by atoms with Crippen molar-refractivity contribution >= 4 is 17.8 Å². The van der Waals surface area contributed by atoms with E-state index in [0.29, 0.717) is 57.8 Å². The average Bonchev–Trinajstić information content (AvgIpc) is 3.54. The molecule has 60 heavy (non-hydrogen) atoms. The smallest absolute Gasteiger partial charge is 0.407 e. The summed E-state index contributed by atoms with van der Waals surface area (Å²) in [5.74, 6) is -5.91. The van der Waals surface area contributed by atoms with Gasteiger partial charge in [-0.25, -0.2) is 4.79 Å². The maximum atomic E-state index is 14.6. The van der Waals surface area contributed by atoms with Crippen molar-refractivity contribution in [2.24, 2.45) is 47.3 Å². The maximum absolute atomic E-state index is 14.6. The van der Waals surface area contributed by atoms with Crippen molar-refractivity contribution in [3.05, 3.63) is 12.2 Å². The molecule has 5 heterocycles. The molecule has 18 atom stereocenters. The van der Waals surface area contributed by atoms with Gasteiger partial charge in [-0.3, -0.25) is 9.59 Å². The zero-order valence-corrected chi connectivity index (χ0v) is 38.6. The highest BCUT2D eigenvalue weighted by atomic mass is 16.8. The molecule has 0 radical (unpaired) electrons. The van der Waals surface area contributed by atoms with Gasteiger partial charge in [-0.1, -0.05) is 75.3 Å². The van der Waals surface area contributed by atoms with Crippen molar-refractivity contribution in [2.75, 3.05) is 6.61 Å². The Hall–Kier alpha value is -2.13. The SMILES string of the molecule is CC[C@@H](C(=O)[C@@H](C)[C@@H](O)[C@H](C)[C@@H]1O[C@@H]([C@@H](CC)C(=O)O)CC[C@@H]1C)[C@H]1O[C@]2(C=C[C@H](NC(=O)OCC(C)C)[C@]3(CC[C@@](C)([C@H]4CC[C@](O)(CC)[C@H](C)O4)O3)O2)[C@H](C)C[C@@H]1C. The quantitative estimate of drug-likeness (QED) is 0.119. The summed E-state index contributed by atoms with van der Waals surface area (Å²) in [5, 5.41) is 35.9. The molecule has 0 unspecified atom stereocenters. The molecule has 4 saturated heterocycles. The second-order valence-electron chi connectivity index (χ2n) is 20.1. The topological polar surface area (TPSA) is 179 Å². The Kier molecular flexibility index (Phi) is 15.7. The standard InChI is InChI=1S/C47H79NO12/c1-13-33(42(51)52)35-17-16-27(6)40(57-35)31(10)38(49)30(9)39(50)34(14-2)41-28(7)24-29(8)46(58-41)21-18-36(48-43(53)55-25-26(4)5)47(60-46)23-22-44(12,59-47)37-19-20-45(54,15-3)32(11)56-37/h18,21,26-38,40-41,49,54H,13-17,19-20,22-25H2,1-12H3,(H,48,53)(H,51,52)/t27-,28-,29+,30-,31-,32-,33+,34-,35+,36-,37+,38+,40+,41-,44-,45+,46-,47-/m0/s1. The third kappa shape index (κ3) is 9.82. The van der Waals surface area contributed by atoms with Crippen LogP contribution in [0.15, 0.2) is 12.2 Å². The first-order chi connectivity index (χ1) is 28.1. The fraction of sp³-hybridized carbons (Fsp3) is 0.894. The summed E-state index contributed by atoms with van der Waals surface area (Å²) >= 11 is 0. The number of ether oxygens (including phenoxy) is 6. The molecule has 0 saturated carbocycles. The number of ketones is 1. The molecule has 5 rings (SSSR count). The molecule has 5 aliphatic rings. The Morgan fingerprint density at radius 3 is 2.17 bits per heavy atom. The van der Waals surface area contributed by atoms with Crippen molar-refractivity contribution in [1.82, 2.24) is 5.32 Å². The van der Waals surface area contributed by atoms with Gasteiger partial charge < -0.3 is 49.1 Å². The van der Waals surface area contributed by atoms with Crippen LogP contribution in [0, 0.1) is 47.3 Å². The van der Waals surface area contributed by atoms with Gasteiger partial charge in [0.1, 0.15) is 11.8 Å². The zero-order chi connectivity index (χ0) is 44.5. The summed E-state index contributed by atoms with van der Waals surface area (Å²) in [5.41, 5.74) is -1.72. The van der Waals surface area contributed by atoms with Crippen molar-refractivity contribution < 1.29 is 58.1 Å². The van der Waals surface area contributed by atoms with E-state index in [2.05, 4.69) is 26.1 Å². The first-order valence-corrected chi connectivity index (χ1v) is 23.3. The van der Waals surface area contributed by atoms with Gasteiger partial charge in [0.05, 0.1) is 60.4 Å². The number of aliphatic hydroxyl groups excluding tert-OH is 1. The first kappa shape index (κ1) is 48.9. The van der Waals surface area contributed by atoms with E-state index < -0.39 is 95.1 Å². The molecule has 344 valence electrons. The van der Waals surface area contributed by atoms with Gasteiger partial charge in [0, 0.05) is 30.1 Å². The number of alkyl carbamates (subject to hydrolysis) is 1. The van der Waals surface area contributed by atoms with E-state index in [9.17, 15) is 29.7 Å². The molecule has 4 N–H and O–H groups in total. The molecule has 0 bridgehead atoms. The van der Waals surface area contributed by atoms with Gasteiger partial charge in [-0.2, -0.15) is 0 Å². The van der Waals surface area contributed by atoms with Crippen LogP contribution >= 0.6 is 0 Å². The Balaban J connectivity index is 1.39. The Morgan fingerprint density at radius 1 is 0.883 bits per heavy atom. The largest absolute Gasteiger partial charge is 0.481 e. The first-order valence-electron chi connectivity index (χ1n) is 23.3. The van der Waals surface area contributed by atoms with Crippen LogP contribution in [0.3, 0.4) is 0 Å². The summed E-state index contributed by atoms with van der Waals surface area (Å²) in [4.78, 5) is 39.9. The highest BCUT2D eigenvalue weighted by molar-refractivity contribution is 5.84. The van der Waals surface area contributed by atoms with Crippen LogP contribution in [0.25, 0.3) is 0 Å². The predicted molar refractivity (Wildman–Crippen MR) is 226 cm³/mol. The zero-order valence-electron chi connectivity index (χ0n) is 38.6. The van der Waals surface area contributed by atoms with Gasteiger partial charge in [0.25, 0.3) is 0 Å². The van der Waals surface area contributed by atoms with Crippen LogP contribution in [0.2, 0.25) is 0 Å². The molecule has 0 aromatic carbocycles. The number of Topliss-reactive ketones (excluding diaryl/α,β-unsaturated/α-hetero) is 1. The number of carboxylic acid groups (broad SMARTS) is 1. The minimum absolute atomic E-state index is 0.0234. The number of amides is 1. The van der Waals surface area contributed by atoms with Crippen molar-refractivity contribution in [2.45, 2.75) is 213 Å². The fourth-order valence-corrected chi connectivity index (χ4v) is 11.1. The molecule has 0 aliphatic carbocycles. The summed E-state index contributed by atoms with van der Waals surface area (Å²) in [6.45, 7) is 23.8. The third-order valence-electron chi connectivity index (χ3n) is 15.3. The molecule has 13 heteroatoms. The molecule has 2 spiro atoms. The lowest BCUT2D eigenvalue weighted by atomic mass is 9.72.